The van der Waals surface area contributed by atoms with Crippen LogP contribution in [0.2, 0.25) is 10.3 Å². The Kier molecular flexibility index (Phi) is 4.38. The van der Waals surface area contributed by atoms with Gasteiger partial charge in [0.25, 0.3) is 0 Å². The maximum Gasteiger partial charge on any atom is 0.134 e. The number of aryl methyl sites for hydroxylation is 1. The van der Waals surface area contributed by atoms with Gasteiger partial charge in [-0.3, -0.25) is 0 Å². The molecule has 0 bridgehead atoms. The number of thioether (sulfide) groups is 1. The van der Waals surface area contributed by atoms with Crippen molar-refractivity contribution in [2.45, 2.75) is 17.6 Å². The van der Waals surface area contributed by atoms with Crippen LogP contribution in [-0.4, -0.2) is 4.98 Å². The highest BCUT2D eigenvalue weighted by Crippen LogP contribution is 2.30. The molecular formula is C13H12Cl2N2S. The van der Waals surface area contributed by atoms with Gasteiger partial charge < -0.3 is 5.73 Å². The molecule has 0 fully saturated rings. The Labute approximate surface area is 121 Å². The Morgan fingerprint density at radius 2 is 2.00 bits per heavy atom. The zero-order chi connectivity index (χ0) is 13.1. The van der Waals surface area contributed by atoms with E-state index in [4.69, 9.17) is 28.9 Å². The largest absolute Gasteiger partial charge is 0.398 e. The number of rotatable bonds is 3. The fraction of sp³-hybridized carbons (Fsp3) is 0.154. The highest BCUT2D eigenvalue weighted by molar-refractivity contribution is 7.98. The van der Waals surface area contributed by atoms with Crippen LogP contribution in [0.5, 0.6) is 0 Å². The molecule has 0 unspecified atom stereocenters. The van der Waals surface area contributed by atoms with Gasteiger partial charge in [-0.25, -0.2) is 4.98 Å². The number of aromatic nitrogens is 1. The highest BCUT2D eigenvalue weighted by Gasteiger charge is 2.05. The zero-order valence-electron chi connectivity index (χ0n) is 9.78. The van der Waals surface area contributed by atoms with E-state index < -0.39 is 0 Å². The summed E-state index contributed by atoms with van der Waals surface area (Å²) in [5.41, 5.74) is 8.85. The molecule has 0 saturated heterocycles. The van der Waals surface area contributed by atoms with E-state index in [9.17, 15) is 0 Å². The van der Waals surface area contributed by atoms with E-state index >= 15 is 0 Å². The van der Waals surface area contributed by atoms with Crippen molar-refractivity contribution in [1.82, 2.24) is 4.98 Å². The number of nitrogen functional groups attached to an aromatic ring is 1. The van der Waals surface area contributed by atoms with E-state index in [0.717, 1.165) is 27.5 Å². The predicted octanol–water partition coefficient (Wildman–Crippen LogP) is 4.57. The van der Waals surface area contributed by atoms with Gasteiger partial charge in [-0.1, -0.05) is 35.3 Å². The van der Waals surface area contributed by atoms with Crippen LogP contribution < -0.4 is 5.73 Å². The molecule has 1 aromatic carbocycles. The third-order valence-corrected chi connectivity index (χ3v) is 4.12. The minimum absolute atomic E-state index is 0.406. The Morgan fingerprint density at radius 3 is 2.67 bits per heavy atom. The van der Waals surface area contributed by atoms with Crippen LogP contribution in [0.1, 0.15) is 11.1 Å². The predicted molar refractivity (Wildman–Crippen MR) is 79.4 cm³/mol. The molecular weight excluding hydrogens is 287 g/mol. The molecule has 5 heteroatoms. The first-order valence-electron chi connectivity index (χ1n) is 5.36. The molecule has 94 valence electrons. The summed E-state index contributed by atoms with van der Waals surface area (Å²) >= 11 is 13.4. The number of hydrogen-bond donors (Lipinski definition) is 1. The van der Waals surface area contributed by atoms with Crippen molar-refractivity contribution in [3.05, 3.63) is 51.8 Å². The number of nitrogens with two attached hydrogens (primary N) is 1. The van der Waals surface area contributed by atoms with Gasteiger partial charge in [0.15, 0.2) is 0 Å². The van der Waals surface area contributed by atoms with Crippen molar-refractivity contribution < 1.29 is 0 Å². The Hall–Kier alpha value is -0.900. The van der Waals surface area contributed by atoms with Crippen molar-refractivity contribution in [3.63, 3.8) is 0 Å². The van der Waals surface area contributed by atoms with Crippen molar-refractivity contribution in [2.24, 2.45) is 0 Å². The normalized spacial score (nSPS) is 10.6. The number of pyridine rings is 1. The fourth-order valence-electron chi connectivity index (χ4n) is 1.50. The quantitative estimate of drug-likeness (QED) is 0.512. The van der Waals surface area contributed by atoms with Crippen LogP contribution >= 0.6 is 35.0 Å². The standard InChI is InChI=1S/C13H12Cl2N2S/c1-8-2-4-11(10(16)6-8)18-7-9-3-5-12(14)17-13(9)15/h2-6H,7,16H2,1H3. The molecule has 0 amide bonds. The topological polar surface area (TPSA) is 38.9 Å². The number of benzene rings is 1. The first-order chi connectivity index (χ1) is 8.56. The summed E-state index contributed by atoms with van der Waals surface area (Å²) in [7, 11) is 0. The Morgan fingerprint density at radius 1 is 1.22 bits per heavy atom. The number of halogens is 2. The second-order valence-corrected chi connectivity index (χ2v) is 5.68. The molecule has 18 heavy (non-hydrogen) atoms. The number of nitrogens with zero attached hydrogens (tertiary/aromatic N) is 1. The second kappa shape index (κ2) is 5.83. The van der Waals surface area contributed by atoms with Gasteiger partial charge in [0, 0.05) is 16.3 Å². The molecule has 0 aliphatic rings. The van der Waals surface area contributed by atoms with Crippen molar-refractivity contribution in [1.29, 1.82) is 0 Å². The lowest BCUT2D eigenvalue weighted by Gasteiger charge is -2.07. The molecule has 0 radical (unpaired) electrons. The molecule has 0 aliphatic carbocycles. The summed E-state index contributed by atoms with van der Waals surface area (Å²) < 4.78 is 0. The molecule has 2 nitrogen and oxygen atoms in total. The summed E-state index contributed by atoms with van der Waals surface area (Å²) in [6.45, 7) is 2.02. The van der Waals surface area contributed by atoms with Crippen LogP contribution in [0.3, 0.4) is 0 Å². The molecule has 2 rings (SSSR count). The maximum absolute atomic E-state index is 6.02. The molecule has 1 heterocycles. The van der Waals surface area contributed by atoms with Gasteiger partial charge in [-0.05, 0) is 36.2 Å². The van der Waals surface area contributed by atoms with Gasteiger partial charge >= 0.3 is 0 Å². The van der Waals surface area contributed by atoms with Crippen LogP contribution in [0.4, 0.5) is 5.69 Å². The highest BCUT2D eigenvalue weighted by atomic mass is 35.5. The zero-order valence-corrected chi connectivity index (χ0v) is 12.1. The lowest BCUT2D eigenvalue weighted by Crippen LogP contribution is -1.91. The molecule has 0 saturated carbocycles. The van der Waals surface area contributed by atoms with Crippen LogP contribution in [0.25, 0.3) is 0 Å². The van der Waals surface area contributed by atoms with E-state index in [1.165, 1.54) is 0 Å². The third kappa shape index (κ3) is 3.31. The molecule has 1 aromatic heterocycles. The van der Waals surface area contributed by atoms with Crippen molar-refractivity contribution in [3.8, 4) is 0 Å². The van der Waals surface area contributed by atoms with Crippen LogP contribution in [0.15, 0.2) is 35.2 Å². The third-order valence-electron chi connectivity index (χ3n) is 2.44. The molecule has 0 spiro atoms. The summed E-state index contributed by atoms with van der Waals surface area (Å²) in [5, 5.41) is 0.851. The average molecular weight is 299 g/mol. The average Bonchev–Trinajstić information content (AvgIpc) is 2.30. The SMILES string of the molecule is Cc1ccc(SCc2ccc(Cl)nc2Cl)c(N)c1. The van der Waals surface area contributed by atoms with E-state index in [-0.39, 0.29) is 0 Å². The van der Waals surface area contributed by atoms with Gasteiger partial charge in [0.2, 0.25) is 0 Å². The first-order valence-corrected chi connectivity index (χ1v) is 7.10. The van der Waals surface area contributed by atoms with Gasteiger partial charge in [0.05, 0.1) is 0 Å². The van der Waals surface area contributed by atoms with E-state index in [2.05, 4.69) is 4.98 Å². The van der Waals surface area contributed by atoms with Crippen LogP contribution in [-0.2, 0) is 5.75 Å². The monoisotopic (exact) mass is 298 g/mol. The van der Waals surface area contributed by atoms with Crippen molar-refractivity contribution >= 4 is 40.7 Å². The first kappa shape index (κ1) is 13.5. The number of anilines is 1. The Balaban J connectivity index is 2.11. The van der Waals surface area contributed by atoms with E-state index in [0.29, 0.717) is 10.3 Å². The molecule has 2 N–H and O–H groups in total. The molecule has 0 aliphatic heterocycles. The molecule has 2 aromatic rings. The number of hydrogen-bond acceptors (Lipinski definition) is 3. The maximum atomic E-state index is 6.02. The summed E-state index contributed by atoms with van der Waals surface area (Å²) in [5.74, 6) is 0.719. The lowest BCUT2D eigenvalue weighted by molar-refractivity contribution is 1.25. The smallest absolute Gasteiger partial charge is 0.134 e. The second-order valence-electron chi connectivity index (χ2n) is 3.91. The van der Waals surface area contributed by atoms with Gasteiger partial charge in [-0.2, -0.15) is 0 Å². The summed E-state index contributed by atoms with van der Waals surface area (Å²) in [6, 6.07) is 9.65. The van der Waals surface area contributed by atoms with Gasteiger partial charge in [-0.15, -0.1) is 11.8 Å². The van der Waals surface area contributed by atoms with E-state index in [1.807, 2.05) is 31.2 Å². The van der Waals surface area contributed by atoms with E-state index in [1.54, 1.807) is 17.8 Å². The molecule has 0 atom stereocenters. The Bertz CT molecular complexity index is 521. The van der Waals surface area contributed by atoms with Crippen molar-refractivity contribution in [2.75, 3.05) is 5.73 Å². The fourth-order valence-corrected chi connectivity index (χ4v) is 2.93. The lowest BCUT2D eigenvalue weighted by atomic mass is 10.2. The van der Waals surface area contributed by atoms with Gasteiger partial charge in [0.1, 0.15) is 10.3 Å². The minimum Gasteiger partial charge on any atom is -0.398 e. The minimum atomic E-state index is 0.406. The van der Waals surface area contributed by atoms with Crippen LogP contribution in [0, 0.1) is 6.92 Å². The summed E-state index contributed by atoms with van der Waals surface area (Å²) in [4.78, 5) is 5.06. The summed E-state index contributed by atoms with van der Waals surface area (Å²) in [6.07, 6.45) is 0.